The Morgan fingerprint density at radius 1 is 1.64 bits per heavy atom. The van der Waals surface area contributed by atoms with Crippen molar-refractivity contribution in [1.29, 1.82) is 0 Å². The van der Waals surface area contributed by atoms with Gasteiger partial charge in [0.05, 0.1) is 6.54 Å². The Hall–Kier alpha value is -1.45. The highest BCUT2D eigenvalue weighted by Crippen LogP contribution is 2.06. The minimum Gasteiger partial charge on any atom is -0.477 e. The summed E-state index contributed by atoms with van der Waals surface area (Å²) in [5.41, 5.74) is 0.428. The number of ketones is 1. The summed E-state index contributed by atoms with van der Waals surface area (Å²) in [6.07, 6.45) is 1.31. The van der Waals surface area contributed by atoms with Crippen LogP contribution in [0.5, 0.6) is 0 Å². The number of carbonyl (C=O) groups is 2. The molecular weight excluding hydrogens is 146 g/mol. The lowest BCUT2D eigenvalue weighted by Gasteiger charge is -1.87. The number of rotatable bonds is 2. The van der Waals surface area contributed by atoms with Crippen molar-refractivity contribution in [2.75, 3.05) is 6.54 Å². The van der Waals surface area contributed by atoms with Gasteiger partial charge < -0.3 is 5.11 Å². The number of nitrogens with zero attached hydrogens (tertiary/aromatic N) is 1. The maximum absolute atomic E-state index is 10.7. The molecule has 1 aliphatic rings. The molecule has 4 heteroatoms. The number of carboxylic acids is 1. The highest BCUT2D eigenvalue weighted by atomic mass is 16.4. The molecule has 11 heavy (non-hydrogen) atoms. The van der Waals surface area contributed by atoms with E-state index in [1.807, 2.05) is 0 Å². The molecule has 0 saturated carbocycles. The Bertz CT molecular complexity index is 275. The summed E-state index contributed by atoms with van der Waals surface area (Å²) >= 11 is 0. The normalized spacial score (nSPS) is 15.7. The van der Waals surface area contributed by atoms with Crippen LogP contribution in [0.15, 0.2) is 16.6 Å². The van der Waals surface area contributed by atoms with Gasteiger partial charge in [0, 0.05) is 5.57 Å². The zero-order valence-electron chi connectivity index (χ0n) is 6.00. The van der Waals surface area contributed by atoms with Crippen LogP contribution < -0.4 is 0 Å². The van der Waals surface area contributed by atoms with Crippen LogP contribution >= 0.6 is 0 Å². The second-order valence-corrected chi connectivity index (χ2v) is 2.23. The lowest BCUT2D eigenvalue weighted by molar-refractivity contribution is -0.129. The number of hydrogen-bond acceptors (Lipinski definition) is 3. The first kappa shape index (κ1) is 7.65. The number of carbonyl (C=O) groups excluding carboxylic acids is 1. The van der Waals surface area contributed by atoms with Gasteiger partial charge in [-0.2, -0.15) is 0 Å². The van der Waals surface area contributed by atoms with Crippen LogP contribution in [0.25, 0.3) is 0 Å². The lowest BCUT2D eigenvalue weighted by Crippen LogP contribution is -2.07. The number of carboxylic acid groups (broad SMARTS) is 1. The van der Waals surface area contributed by atoms with Crippen LogP contribution in [0.2, 0.25) is 0 Å². The van der Waals surface area contributed by atoms with Crippen LogP contribution in [-0.4, -0.2) is 29.1 Å². The first-order chi connectivity index (χ1) is 5.11. The quantitative estimate of drug-likeness (QED) is 0.609. The molecule has 0 atom stereocenters. The number of hydrogen-bond donors (Lipinski definition) is 1. The molecule has 0 aromatic rings. The molecule has 0 unspecified atom stereocenters. The number of aliphatic imine (C=N–C) groups is 1. The van der Waals surface area contributed by atoms with E-state index in [1.165, 1.54) is 13.0 Å². The van der Waals surface area contributed by atoms with Crippen molar-refractivity contribution in [3.05, 3.63) is 11.6 Å². The van der Waals surface area contributed by atoms with Crippen molar-refractivity contribution in [3.63, 3.8) is 0 Å². The van der Waals surface area contributed by atoms with Crippen LogP contribution in [0.3, 0.4) is 0 Å². The highest BCUT2D eigenvalue weighted by Gasteiger charge is 2.16. The standard InChI is InChI=1S/C7H7NO3/c1-4(9)5-2-6(7(10)11)8-3-5/h2H,3H2,1H3,(H,10,11). The second-order valence-electron chi connectivity index (χ2n) is 2.23. The molecule has 0 spiro atoms. The molecule has 4 nitrogen and oxygen atoms in total. The maximum atomic E-state index is 10.7. The zero-order valence-corrected chi connectivity index (χ0v) is 6.00. The van der Waals surface area contributed by atoms with Crippen molar-refractivity contribution in [2.24, 2.45) is 4.99 Å². The fourth-order valence-electron chi connectivity index (χ4n) is 0.769. The minimum absolute atomic E-state index is 0.0322. The van der Waals surface area contributed by atoms with Gasteiger partial charge in [-0.15, -0.1) is 0 Å². The maximum Gasteiger partial charge on any atom is 0.354 e. The van der Waals surface area contributed by atoms with E-state index in [1.54, 1.807) is 0 Å². The Balaban J connectivity index is 2.79. The fraction of sp³-hybridized carbons (Fsp3) is 0.286. The summed E-state index contributed by atoms with van der Waals surface area (Å²) in [4.78, 5) is 24.6. The monoisotopic (exact) mass is 153 g/mol. The van der Waals surface area contributed by atoms with Crippen molar-refractivity contribution in [1.82, 2.24) is 0 Å². The third-order valence-electron chi connectivity index (χ3n) is 1.40. The van der Waals surface area contributed by atoms with E-state index < -0.39 is 5.97 Å². The third-order valence-corrected chi connectivity index (χ3v) is 1.40. The van der Waals surface area contributed by atoms with Crippen molar-refractivity contribution in [3.8, 4) is 0 Å². The summed E-state index contributed by atoms with van der Waals surface area (Å²) in [5.74, 6) is -1.20. The molecule has 0 amide bonds. The van der Waals surface area contributed by atoms with Crippen LogP contribution in [0.4, 0.5) is 0 Å². The number of aliphatic carboxylic acids is 1. The molecule has 0 saturated heterocycles. The summed E-state index contributed by atoms with van der Waals surface area (Å²) in [6, 6.07) is 0. The van der Waals surface area contributed by atoms with Crippen LogP contribution in [-0.2, 0) is 9.59 Å². The molecule has 0 fully saturated rings. The van der Waals surface area contributed by atoms with E-state index in [-0.39, 0.29) is 18.0 Å². The van der Waals surface area contributed by atoms with Crippen LogP contribution in [0, 0.1) is 0 Å². The molecule has 1 heterocycles. The summed E-state index contributed by atoms with van der Waals surface area (Å²) in [5, 5.41) is 8.43. The largest absolute Gasteiger partial charge is 0.477 e. The van der Waals surface area contributed by atoms with E-state index in [0.717, 1.165) is 0 Å². The molecule has 0 aliphatic carbocycles. The van der Waals surface area contributed by atoms with Gasteiger partial charge in [-0.3, -0.25) is 9.79 Å². The predicted octanol–water partition coefficient (Wildman–Crippen LogP) is 0.0410. The highest BCUT2D eigenvalue weighted by molar-refractivity contribution is 6.42. The summed E-state index contributed by atoms with van der Waals surface area (Å²) in [6.45, 7) is 1.60. The van der Waals surface area contributed by atoms with Crippen LogP contribution in [0.1, 0.15) is 6.92 Å². The molecule has 1 aliphatic heterocycles. The summed E-state index contributed by atoms with van der Waals surface area (Å²) < 4.78 is 0. The average molecular weight is 153 g/mol. The van der Waals surface area contributed by atoms with Gasteiger partial charge in [-0.25, -0.2) is 4.79 Å². The smallest absolute Gasteiger partial charge is 0.354 e. The third kappa shape index (κ3) is 1.52. The molecule has 58 valence electrons. The van der Waals surface area contributed by atoms with Crippen molar-refractivity contribution >= 4 is 17.5 Å². The van der Waals surface area contributed by atoms with Crippen molar-refractivity contribution < 1.29 is 14.7 Å². The topological polar surface area (TPSA) is 66.7 Å². The van der Waals surface area contributed by atoms with Gasteiger partial charge in [0.1, 0.15) is 5.71 Å². The van der Waals surface area contributed by atoms with Gasteiger partial charge in [-0.1, -0.05) is 0 Å². The summed E-state index contributed by atoms with van der Waals surface area (Å²) in [7, 11) is 0. The molecule has 0 aromatic carbocycles. The zero-order chi connectivity index (χ0) is 8.43. The van der Waals surface area contributed by atoms with E-state index in [9.17, 15) is 9.59 Å². The molecule has 0 aromatic heterocycles. The van der Waals surface area contributed by atoms with Crippen molar-refractivity contribution in [2.45, 2.75) is 6.92 Å². The van der Waals surface area contributed by atoms with E-state index in [2.05, 4.69) is 4.99 Å². The predicted molar refractivity (Wildman–Crippen MR) is 38.7 cm³/mol. The molecule has 0 radical (unpaired) electrons. The van der Waals surface area contributed by atoms with Gasteiger partial charge in [-0.05, 0) is 13.0 Å². The molecular formula is C7H7NO3. The minimum atomic E-state index is -1.08. The fourth-order valence-corrected chi connectivity index (χ4v) is 0.769. The SMILES string of the molecule is CC(=O)C1=CC(C(=O)O)=NC1. The van der Waals surface area contributed by atoms with Gasteiger partial charge >= 0.3 is 5.97 Å². The van der Waals surface area contributed by atoms with E-state index in [4.69, 9.17) is 5.11 Å². The van der Waals surface area contributed by atoms with E-state index >= 15 is 0 Å². The van der Waals surface area contributed by atoms with Gasteiger partial charge in [0.15, 0.2) is 5.78 Å². The molecule has 0 bridgehead atoms. The average Bonchev–Trinajstić information content (AvgIpc) is 2.33. The Labute approximate surface area is 63.2 Å². The molecule has 1 rings (SSSR count). The Kier molecular flexibility index (Phi) is 1.85. The molecule has 1 N–H and O–H groups in total. The first-order valence-corrected chi connectivity index (χ1v) is 3.10. The van der Waals surface area contributed by atoms with Gasteiger partial charge in [0.25, 0.3) is 0 Å². The Morgan fingerprint density at radius 3 is 2.55 bits per heavy atom. The number of Topliss-reactive ketones (excluding diaryl/α,β-unsaturated/α-hetero) is 1. The van der Waals surface area contributed by atoms with Gasteiger partial charge in [0.2, 0.25) is 0 Å². The second kappa shape index (κ2) is 2.65. The van der Waals surface area contributed by atoms with E-state index in [0.29, 0.717) is 5.57 Å². The Morgan fingerprint density at radius 2 is 2.27 bits per heavy atom. The first-order valence-electron chi connectivity index (χ1n) is 3.10. The lowest BCUT2D eigenvalue weighted by atomic mass is 10.2.